The first-order valence-electron chi connectivity index (χ1n) is 9.44. The van der Waals surface area contributed by atoms with E-state index in [0.29, 0.717) is 25.9 Å². The summed E-state index contributed by atoms with van der Waals surface area (Å²) >= 11 is 0. The minimum atomic E-state index is -0.471. The molecule has 5 heteroatoms. The van der Waals surface area contributed by atoms with Crippen molar-refractivity contribution in [1.82, 2.24) is 10.2 Å². The largest absolute Gasteiger partial charge is 0.352 e. The van der Waals surface area contributed by atoms with Gasteiger partial charge < -0.3 is 5.32 Å². The number of likely N-dealkylation sites (tertiary alicyclic amines) is 1. The van der Waals surface area contributed by atoms with Gasteiger partial charge in [0.05, 0.1) is 5.41 Å². The van der Waals surface area contributed by atoms with E-state index in [9.17, 15) is 14.4 Å². The van der Waals surface area contributed by atoms with Crippen LogP contribution < -0.4 is 5.32 Å². The second-order valence-electron chi connectivity index (χ2n) is 8.31. The van der Waals surface area contributed by atoms with Crippen LogP contribution in [0.5, 0.6) is 0 Å². The highest BCUT2D eigenvalue weighted by atomic mass is 16.2. The molecule has 1 aromatic rings. The molecular formula is C21H28N2O3. The molecule has 1 N–H and O–H groups in total. The van der Waals surface area contributed by atoms with E-state index >= 15 is 0 Å². The van der Waals surface area contributed by atoms with Crippen molar-refractivity contribution >= 4 is 17.7 Å². The van der Waals surface area contributed by atoms with Crippen LogP contribution in [0.4, 0.5) is 0 Å². The highest BCUT2D eigenvalue weighted by molar-refractivity contribution is 6.03. The minimum Gasteiger partial charge on any atom is -0.352 e. The molecule has 2 unspecified atom stereocenters. The second-order valence-corrected chi connectivity index (χ2v) is 8.31. The summed E-state index contributed by atoms with van der Waals surface area (Å²) in [6.07, 6.45) is 2.36. The van der Waals surface area contributed by atoms with E-state index in [1.807, 2.05) is 51.1 Å². The van der Waals surface area contributed by atoms with Crippen molar-refractivity contribution < 1.29 is 14.4 Å². The van der Waals surface area contributed by atoms with E-state index in [1.165, 1.54) is 4.90 Å². The number of nitrogens with one attached hydrogen (secondary N) is 1. The summed E-state index contributed by atoms with van der Waals surface area (Å²) in [5.41, 5.74) is 0.292. The first-order valence-corrected chi connectivity index (χ1v) is 9.44. The molecule has 3 amide bonds. The normalized spacial score (nSPS) is 26.9. The van der Waals surface area contributed by atoms with Gasteiger partial charge in [0.25, 0.3) is 0 Å². The maximum Gasteiger partial charge on any atom is 0.235 e. The van der Waals surface area contributed by atoms with Crippen LogP contribution in [0.1, 0.15) is 52.0 Å². The summed E-state index contributed by atoms with van der Waals surface area (Å²) in [6, 6.07) is 9.73. The van der Waals surface area contributed by atoms with E-state index in [4.69, 9.17) is 0 Å². The van der Waals surface area contributed by atoms with Crippen molar-refractivity contribution in [1.29, 1.82) is 0 Å². The van der Waals surface area contributed by atoms with Crippen molar-refractivity contribution in [3.8, 4) is 0 Å². The van der Waals surface area contributed by atoms with Gasteiger partial charge in [0.2, 0.25) is 17.7 Å². The van der Waals surface area contributed by atoms with Crippen LogP contribution >= 0.6 is 0 Å². The van der Waals surface area contributed by atoms with Gasteiger partial charge in [-0.3, -0.25) is 19.3 Å². The van der Waals surface area contributed by atoms with E-state index in [2.05, 4.69) is 5.32 Å². The Kier molecular flexibility index (Phi) is 4.91. The monoisotopic (exact) mass is 356 g/mol. The number of rotatable bonds is 6. The van der Waals surface area contributed by atoms with Gasteiger partial charge in [0.15, 0.2) is 0 Å². The molecular weight excluding hydrogens is 328 g/mol. The van der Waals surface area contributed by atoms with Crippen LogP contribution in [-0.4, -0.2) is 29.2 Å². The van der Waals surface area contributed by atoms with Gasteiger partial charge in [0.1, 0.15) is 0 Å². The van der Waals surface area contributed by atoms with Crippen molar-refractivity contribution in [3.05, 3.63) is 35.9 Å². The summed E-state index contributed by atoms with van der Waals surface area (Å²) in [4.78, 5) is 39.1. The van der Waals surface area contributed by atoms with Gasteiger partial charge in [-0.25, -0.2) is 0 Å². The Balaban J connectivity index is 1.51. The molecule has 2 bridgehead atoms. The predicted molar refractivity (Wildman–Crippen MR) is 98.9 cm³/mol. The lowest BCUT2D eigenvalue weighted by molar-refractivity contribution is -0.168. The van der Waals surface area contributed by atoms with Gasteiger partial charge in [-0.15, -0.1) is 0 Å². The number of imide groups is 1. The third-order valence-electron chi connectivity index (χ3n) is 6.63. The van der Waals surface area contributed by atoms with Gasteiger partial charge >= 0.3 is 0 Å². The molecule has 1 saturated heterocycles. The van der Waals surface area contributed by atoms with Gasteiger partial charge in [-0.05, 0) is 30.2 Å². The second kappa shape index (κ2) is 6.86. The zero-order valence-electron chi connectivity index (χ0n) is 15.9. The van der Waals surface area contributed by atoms with E-state index in [0.717, 1.165) is 18.4 Å². The highest BCUT2D eigenvalue weighted by Gasteiger charge is 2.64. The van der Waals surface area contributed by atoms with E-state index in [1.54, 1.807) is 0 Å². The molecule has 1 aromatic carbocycles. The molecule has 3 rings (SSSR count). The lowest BCUT2D eigenvalue weighted by Crippen LogP contribution is -2.59. The summed E-state index contributed by atoms with van der Waals surface area (Å²) in [5.74, 6) is -0.261. The maximum atomic E-state index is 12.9. The average Bonchev–Trinajstić information content (AvgIpc) is 2.81. The maximum absolute atomic E-state index is 12.9. The fourth-order valence-electron chi connectivity index (χ4n) is 4.40. The number of carbonyl (C=O) groups excluding carboxylic acids is 3. The molecule has 1 saturated carbocycles. The van der Waals surface area contributed by atoms with Gasteiger partial charge in [-0.1, -0.05) is 51.1 Å². The van der Waals surface area contributed by atoms with Crippen LogP contribution in [0.15, 0.2) is 30.3 Å². The van der Waals surface area contributed by atoms with Crippen LogP contribution in [0.25, 0.3) is 0 Å². The number of carbonyl (C=O) groups is 3. The zero-order valence-corrected chi connectivity index (χ0v) is 15.9. The summed E-state index contributed by atoms with van der Waals surface area (Å²) < 4.78 is 0. The predicted octanol–water partition coefficient (Wildman–Crippen LogP) is 2.89. The smallest absolute Gasteiger partial charge is 0.235 e. The average molecular weight is 356 g/mol. The summed E-state index contributed by atoms with van der Waals surface area (Å²) in [5, 5.41) is 2.88. The molecule has 1 aliphatic heterocycles. The van der Waals surface area contributed by atoms with Gasteiger partial charge in [-0.2, -0.15) is 0 Å². The van der Waals surface area contributed by atoms with Crippen molar-refractivity contribution in [2.75, 3.05) is 6.54 Å². The number of piperidine rings is 1. The Bertz CT molecular complexity index is 713. The molecule has 0 radical (unpaired) electrons. The summed E-state index contributed by atoms with van der Waals surface area (Å²) in [6.45, 7) is 6.89. The standard InChI is InChI=1S/C21H28N2O3/c1-20(2)16-11-12-21(20,3)19(26)23(18(16)25)13-7-10-17(24)22-14-15-8-5-4-6-9-15/h4-6,8-9,16H,7,10-14H2,1-3H3,(H,22,24). The topological polar surface area (TPSA) is 66.5 Å². The number of fused-ring (bicyclic) bond motifs is 2. The number of hydrogen-bond acceptors (Lipinski definition) is 3. The SMILES string of the molecule is CC12CCC(C(=O)N(CCCC(=O)NCc3ccccc3)C1=O)C2(C)C. The van der Waals surface area contributed by atoms with Gasteiger partial charge in [0, 0.05) is 25.4 Å². The third-order valence-corrected chi connectivity index (χ3v) is 6.63. The lowest BCUT2D eigenvalue weighted by Gasteiger charge is -2.47. The molecule has 140 valence electrons. The van der Waals surface area contributed by atoms with Crippen LogP contribution in [0.3, 0.4) is 0 Å². The molecule has 2 atom stereocenters. The molecule has 0 aromatic heterocycles. The fraction of sp³-hybridized carbons (Fsp3) is 0.571. The third kappa shape index (κ3) is 3.04. The molecule has 26 heavy (non-hydrogen) atoms. The quantitative estimate of drug-likeness (QED) is 0.797. The number of hydrogen-bond donors (Lipinski definition) is 1. The minimum absolute atomic E-state index is 0.0553. The first-order chi connectivity index (χ1) is 12.3. The Labute approximate surface area is 155 Å². The fourth-order valence-corrected chi connectivity index (χ4v) is 4.40. The lowest BCUT2D eigenvalue weighted by atomic mass is 9.62. The molecule has 2 fully saturated rings. The Hall–Kier alpha value is -2.17. The van der Waals surface area contributed by atoms with Crippen molar-refractivity contribution in [2.24, 2.45) is 16.7 Å². The Morgan fingerprint density at radius 3 is 2.58 bits per heavy atom. The molecule has 2 aliphatic rings. The molecule has 5 nitrogen and oxygen atoms in total. The first kappa shape index (κ1) is 18.6. The summed E-state index contributed by atoms with van der Waals surface area (Å²) in [7, 11) is 0. The zero-order chi connectivity index (χ0) is 18.9. The molecule has 1 aliphatic carbocycles. The van der Waals surface area contributed by atoms with Crippen LogP contribution in [0, 0.1) is 16.7 Å². The van der Waals surface area contributed by atoms with Crippen molar-refractivity contribution in [2.45, 2.75) is 53.0 Å². The van der Waals surface area contributed by atoms with E-state index in [-0.39, 0.29) is 29.1 Å². The Morgan fingerprint density at radius 2 is 1.88 bits per heavy atom. The number of benzene rings is 1. The number of nitrogens with zero attached hydrogens (tertiary/aromatic N) is 1. The van der Waals surface area contributed by atoms with Crippen molar-refractivity contribution in [3.63, 3.8) is 0 Å². The molecule has 0 spiro atoms. The highest BCUT2D eigenvalue weighted by Crippen LogP contribution is 2.60. The van der Waals surface area contributed by atoms with Crippen LogP contribution in [0.2, 0.25) is 0 Å². The van der Waals surface area contributed by atoms with Crippen LogP contribution in [-0.2, 0) is 20.9 Å². The molecule has 1 heterocycles. The number of amides is 3. The van der Waals surface area contributed by atoms with E-state index < -0.39 is 5.41 Å². The Morgan fingerprint density at radius 1 is 1.19 bits per heavy atom.